The maximum atomic E-state index is 12.6. The van der Waals surface area contributed by atoms with Crippen LogP contribution < -0.4 is 5.73 Å². The van der Waals surface area contributed by atoms with Crippen LogP contribution in [-0.4, -0.2) is 54.0 Å². The highest BCUT2D eigenvalue weighted by Crippen LogP contribution is 2.29. The van der Waals surface area contributed by atoms with Gasteiger partial charge in [-0.05, 0) is 37.5 Å². The molecular weight excluding hydrogens is 286 g/mol. The molecule has 21 heavy (non-hydrogen) atoms. The second-order valence-corrected chi connectivity index (χ2v) is 7.54. The van der Waals surface area contributed by atoms with E-state index in [1.54, 1.807) is 0 Å². The molecule has 0 bridgehead atoms. The van der Waals surface area contributed by atoms with Crippen LogP contribution in [0.4, 0.5) is 0 Å². The van der Waals surface area contributed by atoms with Gasteiger partial charge in [-0.3, -0.25) is 9.69 Å². The molecule has 2 atom stereocenters. The highest BCUT2D eigenvalue weighted by Gasteiger charge is 2.37. The van der Waals surface area contributed by atoms with Crippen LogP contribution in [0.1, 0.15) is 47.0 Å². The summed E-state index contributed by atoms with van der Waals surface area (Å²) in [7, 11) is 0. The molecule has 2 aliphatic heterocycles. The molecule has 4 nitrogen and oxygen atoms in total. The summed E-state index contributed by atoms with van der Waals surface area (Å²) in [6.07, 6.45) is 3.28. The number of hydrogen-bond donors (Lipinski definition) is 1. The molecule has 2 fully saturated rings. The summed E-state index contributed by atoms with van der Waals surface area (Å²) < 4.78 is 0. The standard InChI is InChI=1S/C16H31N3O.ClH/c1-12-5-8-18(9-6-12)15(20)13(2)19-10-7-14(17)16(3,4)11-19;/h12-14H,5-11,17H2,1-4H3;1H. The lowest BCUT2D eigenvalue weighted by Crippen LogP contribution is -2.58. The van der Waals surface area contributed by atoms with Gasteiger partial charge in [0.25, 0.3) is 0 Å². The second-order valence-electron chi connectivity index (χ2n) is 7.54. The number of likely N-dealkylation sites (tertiary alicyclic amines) is 2. The van der Waals surface area contributed by atoms with Gasteiger partial charge >= 0.3 is 0 Å². The summed E-state index contributed by atoms with van der Waals surface area (Å²) in [5.41, 5.74) is 6.29. The van der Waals surface area contributed by atoms with Gasteiger partial charge in [0.2, 0.25) is 5.91 Å². The molecule has 124 valence electrons. The lowest BCUT2D eigenvalue weighted by atomic mass is 9.79. The third-order valence-corrected chi connectivity index (χ3v) is 5.34. The zero-order chi connectivity index (χ0) is 14.9. The molecule has 2 rings (SSSR count). The first kappa shape index (κ1) is 18.7. The summed E-state index contributed by atoms with van der Waals surface area (Å²) >= 11 is 0. The minimum absolute atomic E-state index is 0. The third-order valence-electron chi connectivity index (χ3n) is 5.34. The molecule has 0 saturated carbocycles. The molecule has 0 aliphatic carbocycles. The third kappa shape index (κ3) is 4.33. The smallest absolute Gasteiger partial charge is 0.239 e. The number of amides is 1. The van der Waals surface area contributed by atoms with Gasteiger partial charge in [-0.2, -0.15) is 0 Å². The topological polar surface area (TPSA) is 49.6 Å². The lowest BCUT2D eigenvalue weighted by Gasteiger charge is -2.45. The van der Waals surface area contributed by atoms with E-state index in [1.165, 1.54) is 0 Å². The van der Waals surface area contributed by atoms with E-state index in [2.05, 4.69) is 37.5 Å². The van der Waals surface area contributed by atoms with Crippen molar-refractivity contribution in [1.29, 1.82) is 0 Å². The van der Waals surface area contributed by atoms with E-state index in [4.69, 9.17) is 5.73 Å². The molecular formula is C16H32ClN3O. The van der Waals surface area contributed by atoms with Crippen LogP contribution in [0.2, 0.25) is 0 Å². The van der Waals surface area contributed by atoms with E-state index in [1.807, 2.05) is 0 Å². The SMILES string of the molecule is CC1CCN(C(=O)C(C)N2CCC(N)C(C)(C)C2)CC1.Cl. The Morgan fingerprint density at radius 3 is 2.29 bits per heavy atom. The maximum absolute atomic E-state index is 12.6. The molecule has 2 unspecified atom stereocenters. The minimum Gasteiger partial charge on any atom is -0.341 e. The second kappa shape index (κ2) is 7.30. The number of carbonyl (C=O) groups excluding carboxylic acids is 1. The molecule has 2 N–H and O–H groups in total. The summed E-state index contributed by atoms with van der Waals surface area (Å²) in [5, 5.41) is 0. The quantitative estimate of drug-likeness (QED) is 0.848. The number of piperidine rings is 2. The van der Waals surface area contributed by atoms with Crippen molar-refractivity contribution in [1.82, 2.24) is 9.80 Å². The number of carbonyl (C=O) groups is 1. The number of rotatable bonds is 2. The Morgan fingerprint density at radius 2 is 1.76 bits per heavy atom. The van der Waals surface area contributed by atoms with Crippen molar-refractivity contribution in [3.63, 3.8) is 0 Å². The summed E-state index contributed by atoms with van der Waals surface area (Å²) in [6.45, 7) is 12.5. The molecule has 0 radical (unpaired) electrons. The van der Waals surface area contributed by atoms with Gasteiger partial charge in [-0.15, -0.1) is 12.4 Å². The molecule has 5 heteroatoms. The van der Waals surface area contributed by atoms with Crippen molar-refractivity contribution in [2.45, 2.75) is 59.0 Å². The predicted octanol–water partition coefficient (Wildman–Crippen LogP) is 2.11. The Labute approximate surface area is 135 Å². The summed E-state index contributed by atoms with van der Waals surface area (Å²) in [6, 6.07) is 0.243. The first-order valence-electron chi connectivity index (χ1n) is 8.09. The average molecular weight is 318 g/mol. The van der Waals surface area contributed by atoms with E-state index >= 15 is 0 Å². The fourth-order valence-corrected chi connectivity index (χ4v) is 3.40. The zero-order valence-corrected chi connectivity index (χ0v) is 14.8. The molecule has 1 amide bonds. The fourth-order valence-electron chi connectivity index (χ4n) is 3.40. The summed E-state index contributed by atoms with van der Waals surface area (Å²) in [5.74, 6) is 1.07. The van der Waals surface area contributed by atoms with Gasteiger partial charge in [0, 0.05) is 32.2 Å². The van der Waals surface area contributed by atoms with Crippen molar-refractivity contribution in [2.75, 3.05) is 26.2 Å². The van der Waals surface area contributed by atoms with Crippen LogP contribution in [0.25, 0.3) is 0 Å². The molecule has 2 saturated heterocycles. The Bertz CT molecular complexity index is 353. The van der Waals surface area contributed by atoms with Gasteiger partial charge in [0.15, 0.2) is 0 Å². The van der Waals surface area contributed by atoms with Crippen LogP contribution >= 0.6 is 12.4 Å². The largest absolute Gasteiger partial charge is 0.341 e. The highest BCUT2D eigenvalue weighted by molar-refractivity contribution is 5.85. The Hall–Kier alpha value is -0.320. The molecule has 0 spiro atoms. The molecule has 2 aliphatic rings. The number of nitrogens with zero attached hydrogens (tertiary/aromatic N) is 2. The Balaban J connectivity index is 0.00000220. The molecule has 0 aromatic rings. The van der Waals surface area contributed by atoms with Crippen LogP contribution in [0, 0.1) is 11.3 Å². The highest BCUT2D eigenvalue weighted by atomic mass is 35.5. The van der Waals surface area contributed by atoms with Gasteiger partial charge < -0.3 is 10.6 Å². The Kier molecular flexibility index (Phi) is 6.51. The van der Waals surface area contributed by atoms with Gasteiger partial charge in [-0.25, -0.2) is 0 Å². The van der Waals surface area contributed by atoms with Crippen LogP contribution in [0.15, 0.2) is 0 Å². The van der Waals surface area contributed by atoms with E-state index in [-0.39, 0.29) is 29.9 Å². The molecule has 0 aromatic heterocycles. The van der Waals surface area contributed by atoms with Gasteiger partial charge in [0.1, 0.15) is 0 Å². The summed E-state index contributed by atoms with van der Waals surface area (Å²) in [4.78, 5) is 17.0. The Morgan fingerprint density at radius 1 is 1.19 bits per heavy atom. The number of nitrogens with two attached hydrogens (primary N) is 1. The first-order valence-corrected chi connectivity index (χ1v) is 8.09. The maximum Gasteiger partial charge on any atom is 0.239 e. The van der Waals surface area contributed by atoms with E-state index < -0.39 is 0 Å². The van der Waals surface area contributed by atoms with Crippen LogP contribution in [0.3, 0.4) is 0 Å². The fraction of sp³-hybridized carbons (Fsp3) is 0.938. The molecule has 2 heterocycles. The van der Waals surface area contributed by atoms with Crippen molar-refractivity contribution in [3.05, 3.63) is 0 Å². The normalized spacial score (nSPS) is 28.8. The first-order chi connectivity index (χ1) is 9.31. The average Bonchev–Trinajstić information content (AvgIpc) is 2.41. The van der Waals surface area contributed by atoms with E-state index in [9.17, 15) is 4.79 Å². The van der Waals surface area contributed by atoms with Crippen LogP contribution in [-0.2, 0) is 4.79 Å². The zero-order valence-electron chi connectivity index (χ0n) is 14.0. The van der Waals surface area contributed by atoms with E-state index in [0.717, 1.165) is 51.4 Å². The van der Waals surface area contributed by atoms with Crippen molar-refractivity contribution >= 4 is 18.3 Å². The monoisotopic (exact) mass is 317 g/mol. The van der Waals surface area contributed by atoms with Gasteiger partial charge in [0.05, 0.1) is 6.04 Å². The van der Waals surface area contributed by atoms with Crippen molar-refractivity contribution < 1.29 is 4.79 Å². The van der Waals surface area contributed by atoms with Crippen LogP contribution in [0.5, 0.6) is 0 Å². The van der Waals surface area contributed by atoms with Crippen molar-refractivity contribution in [3.8, 4) is 0 Å². The number of halogens is 1. The minimum atomic E-state index is -0.00446. The number of hydrogen-bond acceptors (Lipinski definition) is 3. The van der Waals surface area contributed by atoms with Crippen molar-refractivity contribution in [2.24, 2.45) is 17.1 Å². The predicted molar refractivity (Wildman–Crippen MR) is 89.6 cm³/mol. The lowest BCUT2D eigenvalue weighted by molar-refractivity contribution is -0.139. The molecule has 0 aromatic carbocycles. The van der Waals surface area contributed by atoms with Gasteiger partial charge in [-0.1, -0.05) is 20.8 Å². The van der Waals surface area contributed by atoms with E-state index in [0.29, 0.717) is 5.91 Å².